The standard InChI is InChI=1S/C30H26F2N2O6S2/c1-3-39-29(37)25-21(17-5-9-19(31)10-6-17)15-41-27(25)33-23(35)13-14-24(36)34-28-26(30(38)40-4-2)22(16-42-28)18-7-11-20(32)12-8-18/h5-12,15-16H,3-4,13-14H2,1-2H3,(H,33,35)(H,34,36). The number of halogens is 2. The number of carbonyl (C=O) groups is 4. The van der Waals surface area contributed by atoms with Crippen LogP contribution in [-0.4, -0.2) is 37.0 Å². The summed E-state index contributed by atoms with van der Waals surface area (Å²) < 4.78 is 37.2. The van der Waals surface area contributed by atoms with E-state index in [1.54, 1.807) is 24.6 Å². The highest BCUT2D eigenvalue weighted by Crippen LogP contribution is 2.38. The average Bonchev–Trinajstić information content (AvgIpc) is 3.57. The van der Waals surface area contributed by atoms with Crippen LogP contribution in [0.15, 0.2) is 59.3 Å². The van der Waals surface area contributed by atoms with E-state index in [1.165, 1.54) is 48.5 Å². The zero-order valence-electron chi connectivity index (χ0n) is 22.6. The summed E-state index contributed by atoms with van der Waals surface area (Å²) in [6.45, 7) is 3.54. The Kier molecular flexibility index (Phi) is 10.2. The lowest BCUT2D eigenvalue weighted by Crippen LogP contribution is -2.19. The molecule has 2 aromatic heterocycles. The smallest absolute Gasteiger partial charge is 0.341 e. The van der Waals surface area contributed by atoms with Gasteiger partial charge in [0.1, 0.15) is 32.8 Å². The van der Waals surface area contributed by atoms with Gasteiger partial charge in [0.05, 0.1) is 13.2 Å². The molecule has 0 atom stereocenters. The van der Waals surface area contributed by atoms with Crippen LogP contribution in [0.3, 0.4) is 0 Å². The summed E-state index contributed by atoms with van der Waals surface area (Å²) in [6.07, 6.45) is -0.439. The molecule has 0 saturated carbocycles. The van der Waals surface area contributed by atoms with E-state index in [0.29, 0.717) is 22.3 Å². The molecule has 0 bridgehead atoms. The van der Waals surface area contributed by atoms with E-state index >= 15 is 0 Å². The maximum absolute atomic E-state index is 13.4. The molecule has 0 saturated heterocycles. The first-order valence-corrected chi connectivity index (χ1v) is 14.7. The van der Waals surface area contributed by atoms with Gasteiger partial charge in [-0.15, -0.1) is 22.7 Å². The summed E-state index contributed by atoms with van der Waals surface area (Å²) in [5.41, 5.74) is 2.38. The monoisotopic (exact) mass is 612 g/mol. The highest BCUT2D eigenvalue weighted by Gasteiger charge is 2.25. The van der Waals surface area contributed by atoms with E-state index in [4.69, 9.17) is 9.47 Å². The summed E-state index contributed by atoms with van der Waals surface area (Å²) in [6, 6.07) is 11.1. The highest BCUT2D eigenvalue weighted by molar-refractivity contribution is 7.15. The van der Waals surface area contributed by atoms with Gasteiger partial charge in [0.25, 0.3) is 0 Å². The summed E-state index contributed by atoms with van der Waals surface area (Å²) in [7, 11) is 0. The van der Waals surface area contributed by atoms with E-state index in [9.17, 15) is 28.0 Å². The van der Waals surface area contributed by atoms with E-state index in [1.807, 2.05) is 0 Å². The Labute approximate surface area is 248 Å². The zero-order valence-corrected chi connectivity index (χ0v) is 24.3. The van der Waals surface area contributed by atoms with Gasteiger partial charge < -0.3 is 20.1 Å². The Balaban J connectivity index is 1.46. The third-order valence-corrected chi connectivity index (χ3v) is 7.73. The molecule has 0 fully saturated rings. The number of thiophene rings is 2. The number of hydrogen-bond acceptors (Lipinski definition) is 8. The number of esters is 2. The van der Waals surface area contributed by atoms with Gasteiger partial charge in [-0.2, -0.15) is 0 Å². The molecular formula is C30H26F2N2O6S2. The average molecular weight is 613 g/mol. The van der Waals surface area contributed by atoms with Crippen LogP contribution in [0.1, 0.15) is 47.4 Å². The lowest BCUT2D eigenvalue weighted by atomic mass is 10.0. The molecule has 218 valence electrons. The van der Waals surface area contributed by atoms with Gasteiger partial charge >= 0.3 is 11.9 Å². The largest absolute Gasteiger partial charge is 0.462 e. The molecule has 2 N–H and O–H groups in total. The van der Waals surface area contributed by atoms with Crippen molar-refractivity contribution < 1.29 is 37.4 Å². The number of hydrogen-bond donors (Lipinski definition) is 2. The molecular weight excluding hydrogens is 586 g/mol. The number of ether oxygens (including phenoxy) is 2. The van der Waals surface area contributed by atoms with Gasteiger partial charge in [-0.25, -0.2) is 18.4 Å². The number of anilines is 2. The van der Waals surface area contributed by atoms with Crippen LogP contribution >= 0.6 is 22.7 Å². The van der Waals surface area contributed by atoms with Gasteiger partial charge in [-0.05, 0) is 49.2 Å². The second-order valence-corrected chi connectivity index (χ2v) is 10.5. The minimum Gasteiger partial charge on any atom is -0.462 e. The third kappa shape index (κ3) is 7.25. The zero-order chi connectivity index (χ0) is 30.2. The first-order chi connectivity index (χ1) is 20.2. The van der Waals surface area contributed by atoms with Crippen molar-refractivity contribution in [2.75, 3.05) is 23.8 Å². The van der Waals surface area contributed by atoms with E-state index in [0.717, 1.165) is 22.7 Å². The van der Waals surface area contributed by atoms with Crippen molar-refractivity contribution in [1.82, 2.24) is 0 Å². The molecule has 0 aliphatic carbocycles. The summed E-state index contributed by atoms with van der Waals surface area (Å²) in [5.74, 6) is -3.19. The summed E-state index contributed by atoms with van der Waals surface area (Å²) in [5, 5.41) is 9.14. The van der Waals surface area contributed by atoms with Gasteiger partial charge in [0.2, 0.25) is 11.8 Å². The summed E-state index contributed by atoms with van der Waals surface area (Å²) >= 11 is 2.21. The molecule has 12 heteroatoms. The number of carbonyl (C=O) groups excluding carboxylic acids is 4. The van der Waals surface area contributed by atoms with Gasteiger partial charge in [0, 0.05) is 34.7 Å². The van der Waals surface area contributed by atoms with Gasteiger partial charge in [-0.1, -0.05) is 24.3 Å². The lowest BCUT2D eigenvalue weighted by Gasteiger charge is -2.10. The Morgan fingerprint density at radius 2 is 1.00 bits per heavy atom. The highest BCUT2D eigenvalue weighted by atomic mass is 32.1. The molecule has 2 amide bonds. The molecule has 0 radical (unpaired) electrons. The molecule has 2 aromatic carbocycles. The minimum absolute atomic E-state index is 0.116. The summed E-state index contributed by atoms with van der Waals surface area (Å²) in [4.78, 5) is 51.0. The molecule has 2 heterocycles. The van der Waals surface area contributed by atoms with Crippen molar-refractivity contribution in [3.05, 3.63) is 82.1 Å². The first-order valence-electron chi connectivity index (χ1n) is 12.9. The van der Waals surface area contributed by atoms with E-state index in [-0.39, 0.29) is 47.2 Å². The predicted molar refractivity (Wildman–Crippen MR) is 158 cm³/mol. The molecule has 4 rings (SSSR count). The van der Waals surface area contributed by atoms with E-state index < -0.39 is 35.4 Å². The first kappa shape index (κ1) is 30.5. The minimum atomic E-state index is -0.646. The quantitative estimate of drug-likeness (QED) is 0.174. The van der Waals surface area contributed by atoms with Crippen molar-refractivity contribution in [3.8, 4) is 22.3 Å². The van der Waals surface area contributed by atoms with Crippen molar-refractivity contribution in [2.24, 2.45) is 0 Å². The molecule has 42 heavy (non-hydrogen) atoms. The number of benzene rings is 2. The van der Waals surface area contributed by atoms with Gasteiger partial charge in [0.15, 0.2) is 0 Å². The fraction of sp³-hybridized carbons (Fsp3) is 0.200. The van der Waals surface area contributed by atoms with Crippen molar-refractivity contribution in [2.45, 2.75) is 26.7 Å². The number of amides is 2. The molecule has 8 nitrogen and oxygen atoms in total. The third-order valence-electron chi connectivity index (χ3n) is 5.94. The van der Waals surface area contributed by atoms with Crippen molar-refractivity contribution >= 4 is 56.4 Å². The topological polar surface area (TPSA) is 111 Å². The molecule has 0 aliphatic heterocycles. The van der Waals surface area contributed by atoms with Crippen LogP contribution in [0.25, 0.3) is 22.3 Å². The van der Waals surface area contributed by atoms with Crippen LogP contribution in [0.2, 0.25) is 0 Å². The molecule has 0 unspecified atom stereocenters. The number of nitrogens with one attached hydrogen (secondary N) is 2. The Morgan fingerprint density at radius 3 is 1.33 bits per heavy atom. The predicted octanol–water partition coefficient (Wildman–Crippen LogP) is 7.13. The van der Waals surface area contributed by atoms with Crippen LogP contribution in [-0.2, 0) is 19.1 Å². The Hall–Kier alpha value is -4.42. The number of rotatable bonds is 11. The Bertz CT molecular complexity index is 1480. The lowest BCUT2D eigenvalue weighted by molar-refractivity contribution is -0.121. The molecule has 4 aromatic rings. The van der Waals surface area contributed by atoms with Crippen molar-refractivity contribution in [3.63, 3.8) is 0 Å². The fourth-order valence-corrected chi connectivity index (χ4v) is 5.95. The van der Waals surface area contributed by atoms with Crippen molar-refractivity contribution in [1.29, 1.82) is 0 Å². The van der Waals surface area contributed by atoms with Gasteiger partial charge in [-0.3, -0.25) is 9.59 Å². The molecule has 0 aliphatic rings. The molecule has 0 spiro atoms. The Morgan fingerprint density at radius 1 is 0.643 bits per heavy atom. The fourth-order valence-electron chi connectivity index (χ4n) is 4.00. The maximum Gasteiger partial charge on any atom is 0.341 e. The normalized spacial score (nSPS) is 10.7. The van der Waals surface area contributed by atoms with Crippen LogP contribution in [0.4, 0.5) is 18.8 Å². The SMILES string of the molecule is CCOC(=O)c1c(-c2ccc(F)cc2)csc1NC(=O)CCC(=O)Nc1scc(-c2ccc(F)cc2)c1C(=O)OCC. The second kappa shape index (κ2) is 14.0. The maximum atomic E-state index is 13.4. The second-order valence-electron chi connectivity index (χ2n) is 8.76. The van der Waals surface area contributed by atoms with Crippen LogP contribution in [0, 0.1) is 11.6 Å². The van der Waals surface area contributed by atoms with Crippen LogP contribution in [0.5, 0.6) is 0 Å². The van der Waals surface area contributed by atoms with E-state index in [2.05, 4.69) is 10.6 Å². The van der Waals surface area contributed by atoms with Crippen LogP contribution < -0.4 is 10.6 Å².